The van der Waals surface area contributed by atoms with Gasteiger partial charge in [-0.25, -0.2) is 0 Å². The van der Waals surface area contributed by atoms with Crippen LogP contribution in [0.2, 0.25) is 0 Å². The topological polar surface area (TPSA) is 85.2 Å². The van der Waals surface area contributed by atoms with E-state index in [0.717, 1.165) is 6.42 Å². The highest BCUT2D eigenvalue weighted by molar-refractivity contribution is 5.71. The predicted molar refractivity (Wildman–Crippen MR) is 85.9 cm³/mol. The molecule has 0 aromatic heterocycles. The van der Waals surface area contributed by atoms with E-state index < -0.39 is 18.0 Å². The van der Waals surface area contributed by atoms with Gasteiger partial charge in [0.15, 0.2) is 11.5 Å². The molecular formula is C17H26O6. The largest absolute Gasteiger partial charge is 0.493 e. The first-order valence-corrected chi connectivity index (χ1v) is 7.62. The number of ether oxygens (including phenoxy) is 3. The molecule has 2 atom stereocenters. The highest BCUT2D eigenvalue weighted by Crippen LogP contribution is 2.34. The maximum absolute atomic E-state index is 11.4. The Balaban J connectivity index is 2.96. The van der Waals surface area contributed by atoms with Gasteiger partial charge in [-0.2, -0.15) is 0 Å². The molecule has 0 spiro atoms. The third-order valence-corrected chi connectivity index (χ3v) is 3.62. The third-order valence-electron chi connectivity index (χ3n) is 3.62. The summed E-state index contributed by atoms with van der Waals surface area (Å²) in [6.45, 7) is 4.57. The number of benzene rings is 1. The average molecular weight is 326 g/mol. The zero-order valence-electron chi connectivity index (χ0n) is 14.1. The van der Waals surface area contributed by atoms with Gasteiger partial charge in [-0.1, -0.05) is 19.9 Å². The normalized spacial score (nSPS) is 13.7. The number of carbonyl (C=O) groups is 1. The third kappa shape index (κ3) is 5.41. The smallest absolute Gasteiger partial charge is 0.309 e. The first kappa shape index (κ1) is 19.3. The second-order valence-corrected chi connectivity index (χ2v) is 5.66. The maximum atomic E-state index is 11.4. The highest BCUT2D eigenvalue weighted by atomic mass is 16.5. The molecule has 0 aliphatic heterocycles. The molecule has 0 fully saturated rings. The standard InChI is InChI=1S/C17H26O6/c1-11(2)15(17(19)20)16(18)12-6-7-13(22-4)14(10-12)23-9-5-8-21-3/h6-7,10-11,15-16,18H,5,8-9H2,1-4H3,(H,19,20). The van der Waals surface area contributed by atoms with E-state index >= 15 is 0 Å². The van der Waals surface area contributed by atoms with Crippen LogP contribution in [-0.4, -0.2) is 43.6 Å². The Morgan fingerprint density at radius 3 is 2.39 bits per heavy atom. The molecule has 0 saturated heterocycles. The van der Waals surface area contributed by atoms with Crippen LogP contribution >= 0.6 is 0 Å². The van der Waals surface area contributed by atoms with Gasteiger partial charge >= 0.3 is 5.97 Å². The Morgan fingerprint density at radius 2 is 1.87 bits per heavy atom. The lowest BCUT2D eigenvalue weighted by atomic mass is 9.86. The Kier molecular flexibility index (Phi) is 7.85. The van der Waals surface area contributed by atoms with Crippen LogP contribution in [-0.2, 0) is 9.53 Å². The molecule has 0 aliphatic rings. The number of carboxylic acid groups (broad SMARTS) is 1. The van der Waals surface area contributed by atoms with Crippen LogP contribution in [0.3, 0.4) is 0 Å². The Hall–Kier alpha value is -1.79. The lowest BCUT2D eigenvalue weighted by Crippen LogP contribution is -2.27. The van der Waals surface area contributed by atoms with Crippen LogP contribution in [0, 0.1) is 11.8 Å². The van der Waals surface area contributed by atoms with E-state index in [1.807, 2.05) is 0 Å². The van der Waals surface area contributed by atoms with Crippen molar-refractivity contribution in [2.45, 2.75) is 26.4 Å². The van der Waals surface area contributed by atoms with E-state index in [1.165, 1.54) is 7.11 Å². The summed E-state index contributed by atoms with van der Waals surface area (Å²) in [7, 11) is 3.15. The fourth-order valence-electron chi connectivity index (χ4n) is 2.37. The van der Waals surface area contributed by atoms with E-state index in [4.69, 9.17) is 14.2 Å². The summed E-state index contributed by atoms with van der Waals surface area (Å²) in [5.41, 5.74) is 0.494. The molecule has 23 heavy (non-hydrogen) atoms. The lowest BCUT2D eigenvalue weighted by Gasteiger charge is -2.23. The van der Waals surface area contributed by atoms with Crippen LogP contribution in [0.25, 0.3) is 0 Å². The SMILES string of the molecule is COCCCOc1cc(C(O)C(C(=O)O)C(C)C)ccc1OC. The number of methoxy groups -OCH3 is 2. The van der Waals surface area contributed by atoms with Crippen molar-refractivity contribution in [1.29, 1.82) is 0 Å². The first-order valence-electron chi connectivity index (χ1n) is 7.62. The number of rotatable bonds is 10. The first-order chi connectivity index (χ1) is 10.9. The van der Waals surface area contributed by atoms with Crippen LogP contribution < -0.4 is 9.47 Å². The van der Waals surface area contributed by atoms with Gasteiger partial charge < -0.3 is 24.4 Å². The molecule has 130 valence electrons. The number of aliphatic carboxylic acids is 1. The average Bonchev–Trinajstić information content (AvgIpc) is 2.50. The van der Waals surface area contributed by atoms with Gasteiger partial charge in [0, 0.05) is 20.1 Å². The quantitative estimate of drug-likeness (QED) is 0.643. The molecule has 0 heterocycles. The van der Waals surface area contributed by atoms with Crippen molar-refractivity contribution in [2.24, 2.45) is 11.8 Å². The summed E-state index contributed by atoms with van der Waals surface area (Å²) in [4.78, 5) is 11.4. The Labute approximate surface area is 137 Å². The number of carboxylic acids is 1. The van der Waals surface area contributed by atoms with Crippen molar-refractivity contribution in [3.8, 4) is 11.5 Å². The minimum Gasteiger partial charge on any atom is -0.493 e. The minimum absolute atomic E-state index is 0.198. The number of aliphatic hydroxyl groups excluding tert-OH is 1. The summed E-state index contributed by atoms with van der Waals surface area (Å²) >= 11 is 0. The summed E-state index contributed by atoms with van der Waals surface area (Å²) in [6, 6.07) is 4.96. The molecule has 2 unspecified atom stereocenters. The Bertz CT molecular complexity index is 500. The van der Waals surface area contributed by atoms with Crippen molar-refractivity contribution in [2.75, 3.05) is 27.4 Å². The Morgan fingerprint density at radius 1 is 1.17 bits per heavy atom. The molecule has 2 N–H and O–H groups in total. The van der Waals surface area contributed by atoms with Gasteiger partial charge in [0.2, 0.25) is 0 Å². The fourth-order valence-corrected chi connectivity index (χ4v) is 2.37. The highest BCUT2D eigenvalue weighted by Gasteiger charge is 2.31. The molecule has 1 aromatic carbocycles. The van der Waals surface area contributed by atoms with E-state index in [1.54, 1.807) is 39.2 Å². The number of hydrogen-bond donors (Lipinski definition) is 2. The van der Waals surface area contributed by atoms with Gasteiger partial charge in [0.1, 0.15) is 0 Å². The summed E-state index contributed by atoms with van der Waals surface area (Å²) in [6.07, 6.45) is -0.393. The summed E-state index contributed by atoms with van der Waals surface area (Å²) in [5, 5.41) is 19.7. The molecule has 1 rings (SSSR count). The fraction of sp³-hybridized carbons (Fsp3) is 0.588. The lowest BCUT2D eigenvalue weighted by molar-refractivity contribution is -0.148. The number of aliphatic hydroxyl groups is 1. The van der Waals surface area contributed by atoms with Crippen molar-refractivity contribution in [1.82, 2.24) is 0 Å². The molecule has 0 saturated carbocycles. The van der Waals surface area contributed by atoms with Crippen LogP contribution in [0.1, 0.15) is 31.9 Å². The van der Waals surface area contributed by atoms with Crippen molar-refractivity contribution in [3.05, 3.63) is 23.8 Å². The van der Waals surface area contributed by atoms with Crippen LogP contribution in [0.15, 0.2) is 18.2 Å². The van der Waals surface area contributed by atoms with Crippen LogP contribution in [0.4, 0.5) is 0 Å². The molecule has 1 aromatic rings. The van der Waals surface area contributed by atoms with Crippen LogP contribution in [0.5, 0.6) is 11.5 Å². The van der Waals surface area contributed by atoms with Crippen molar-refractivity contribution in [3.63, 3.8) is 0 Å². The predicted octanol–water partition coefficient (Wildman–Crippen LogP) is 2.50. The zero-order valence-corrected chi connectivity index (χ0v) is 14.1. The minimum atomic E-state index is -1.11. The zero-order chi connectivity index (χ0) is 17.4. The number of hydrogen-bond acceptors (Lipinski definition) is 5. The van der Waals surface area contributed by atoms with E-state index in [0.29, 0.717) is 30.3 Å². The van der Waals surface area contributed by atoms with Gasteiger partial charge in [-0.3, -0.25) is 4.79 Å². The van der Waals surface area contributed by atoms with Gasteiger partial charge in [-0.15, -0.1) is 0 Å². The van der Waals surface area contributed by atoms with E-state index in [9.17, 15) is 15.0 Å². The monoisotopic (exact) mass is 326 g/mol. The second-order valence-electron chi connectivity index (χ2n) is 5.66. The molecule has 0 bridgehead atoms. The van der Waals surface area contributed by atoms with E-state index in [2.05, 4.69) is 0 Å². The van der Waals surface area contributed by atoms with Gasteiger partial charge in [0.05, 0.1) is 25.7 Å². The van der Waals surface area contributed by atoms with E-state index in [-0.39, 0.29) is 5.92 Å². The molecule has 6 heteroatoms. The summed E-state index contributed by atoms with van der Waals surface area (Å²) < 4.78 is 15.9. The van der Waals surface area contributed by atoms with Gasteiger partial charge in [0.25, 0.3) is 0 Å². The second kappa shape index (κ2) is 9.37. The maximum Gasteiger partial charge on any atom is 0.309 e. The molecule has 0 aliphatic carbocycles. The molecule has 0 amide bonds. The van der Waals surface area contributed by atoms with Gasteiger partial charge in [-0.05, 0) is 23.6 Å². The summed E-state index contributed by atoms with van der Waals surface area (Å²) in [5.74, 6) is -1.09. The molecule has 0 radical (unpaired) electrons. The van der Waals surface area contributed by atoms with Crippen molar-refractivity contribution >= 4 is 5.97 Å². The van der Waals surface area contributed by atoms with Crippen molar-refractivity contribution < 1.29 is 29.2 Å². The molecule has 6 nitrogen and oxygen atoms in total. The molecular weight excluding hydrogens is 300 g/mol.